The van der Waals surface area contributed by atoms with Crippen LogP contribution in [-0.2, 0) is 14.0 Å². The van der Waals surface area contributed by atoms with Crippen LogP contribution in [0.15, 0.2) is 12.7 Å². The van der Waals surface area contributed by atoms with E-state index in [2.05, 4.69) is 40.4 Å². The molecule has 17 heavy (non-hydrogen) atoms. The molecule has 0 saturated heterocycles. The van der Waals surface area contributed by atoms with E-state index in [9.17, 15) is 4.79 Å². The van der Waals surface area contributed by atoms with Crippen molar-refractivity contribution in [3.63, 3.8) is 0 Å². The second-order valence-electron chi connectivity index (χ2n) is 5.64. The molecule has 0 heterocycles. The van der Waals surface area contributed by atoms with Gasteiger partial charge in [-0.25, -0.2) is 4.79 Å². The number of ether oxygens (including phenoxy) is 1. The van der Waals surface area contributed by atoms with Crippen molar-refractivity contribution >= 4 is 14.3 Å². The molecule has 0 spiro atoms. The van der Waals surface area contributed by atoms with Crippen molar-refractivity contribution in [2.45, 2.75) is 58.4 Å². The van der Waals surface area contributed by atoms with Gasteiger partial charge >= 0.3 is 5.97 Å². The van der Waals surface area contributed by atoms with E-state index in [0.717, 1.165) is 0 Å². The molecule has 0 aliphatic carbocycles. The Balaban J connectivity index is 4.75. The molecule has 0 fully saturated rings. The van der Waals surface area contributed by atoms with Crippen molar-refractivity contribution in [3.05, 3.63) is 12.7 Å². The minimum Gasteiger partial charge on any atom is -0.464 e. The van der Waals surface area contributed by atoms with Crippen LogP contribution < -0.4 is 0 Å². The Morgan fingerprint density at radius 3 is 2.29 bits per heavy atom. The lowest BCUT2D eigenvalue weighted by atomic mass is 10.2. The maximum Gasteiger partial charge on any atom is 0.334 e. The number of carbonyl (C=O) groups is 1. The number of esters is 1. The van der Waals surface area contributed by atoms with Crippen LogP contribution in [0.4, 0.5) is 0 Å². The predicted octanol–water partition coefficient (Wildman–Crippen LogP) is 3.52. The normalized spacial score (nSPS) is 14.2. The highest BCUT2D eigenvalue weighted by atomic mass is 28.4. The molecular weight excluding hydrogens is 232 g/mol. The fourth-order valence-corrected chi connectivity index (χ4v) is 2.37. The van der Waals surface area contributed by atoms with Gasteiger partial charge in [0.05, 0.1) is 6.61 Å². The third-order valence-corrected chi connectivity index (χ3v) is 7.66. The molecule has 0 saturated carbocycles. The molecule has 0 radical (unpaired) electrons. The Morgan fingerprint density at radius 2 is 1.94 bits per heavy atom. The lowest BCUT2D eigenvalue weighted by molar-refractivity contribution is -0.151. The highest BCUT2D eigenvalue weighted by molar-refractivity contribution is 6.74. The van der Waals surface area contributed by atoms with E-state index >= 15 is 0 Å². The molecule has 4 heteroatoms. The molecule has 100 valence electrons. The summed E-state index contributed by atoms with van der Waals surface area (Å²) in [5.74, 6) is -0.280. The SMILES string of the molecule is C=CCC(O[Si](C)(C)C(C)(C)C)C(=O)OCC. The van der Waals surface area contributed by atoms with Crippen molar-refractivity contribution < 1.29 is 14.0 Å². The van der Waals surface area contributed by atoms with E-state index in [1.54, 1.807) is 13.0 Å². The molecule has 0 rings (SSSR count). The summed E-state index contributed by atoms with van der Waals surface area (Å²) < 4.78 is 11.1. The van der Waals surface area contributed by atoms with Gasteiger partial charge in [0.1, 0.15) is 6.10 Å². The van der Waals surface area contributed by atoms with Gasteiger partial charge in [-0.15, -0.1) is 6.58 Å². The minimum absolute atomic E-state index is 0.0823. The zero-order valence-corrected chi connectivity index (χ0v) is 13.0. The van der Waals surface area contributed by atoms with Crippen molar-refractivity contribution in [3.8, 4) is 0 Å². The summed E-state index contributed by atoms with van der Waals surface area (Å²) in [6.07, 6.45) is 1.70. The van der Waals surface area contributed by atoms with Crippen molar-refractivity contribution in [2.75, 3.05) is 6.61 Å². The molecule has 1 atom stereocenters. The zero-order chi connectivity index (χ0) is 13.7. The summed E-state index contributed by atoms with van der Waals surface area (Å²) in [7, 11) is -1.95. The Hall–Kier alpha value is -0.613. The first-order chi connectivity index (χ1) is 7.65. The maximum absolute atomic E-state index is 11.8. The van der Waals surface area contributed by atoms with Gasteiger partial charge in [-0.2, -0.15) is 0 Å². The highest BCUT2D eigenvalue weighted by Crippen LogP contribution is 2.37. The Labute approximate surface area is 106 Å². The number of rotatable bonds is 6. The lowest BCUT2D eigenvalue weighted by Gasteiger charge is -2.38. The third-order valence-electron chi connectivity index (χ3n) is 3.17. The summed E-state index contributed by atoms with van der Waals surface area (Å²) in [6.45, 7) is 16.5. The average Bonchev–Trinajstić information content (AvgIpc) is 2.15. The van der Waals surface area contributed by atoms with Crippen molar-refractivity contribution in [1.29, 1.82) is 0 Å². The summed E-state index contributed by atoms with van der Waals surface area (Å²) in [4.78, 5) is 11.8. The summed E-state index contributed by atoms with van der Waals surface area (Å²) in [5.41, 5.74) is 0. The van der Waals surface area contributed by atoms with Crippen LogP contribution in [0, 0.1) is 0 Å². The van der Waals surface area contributed by atoms with Crippen LogP contribution in [0.3, 0.4) is 0 Å². The van der Waals surface area contributed by atoms with Crippen LogP contribution in [0.1, 0.15) is 34.1 Å². The molecule has 0 bridgehead atoms. The second kappa shape index (κ2) is 6.35. The molecule has 0 aromatic heterocycles. The van der Waals surface area contributed by atoms with Gasteiger partial charge in [0.2, 0.25) is 0 Å². The monoisotopic (exact) mass is 258 g/mol. The average molecular weight is 258 g/mol. The van der Waals surface area contributed by atoms with Crippen LogP contribution in [0.2, 0.25) is 18.1 Å². The van der Waals surface area contributed by atoms with E-state index < -0.39 is 14.4 Å². The molecule has 0 aliphatic rings. The highest BCUT2D eigenvalue weighted by Gasteiger charge is 2.40. The number of hydrogen-bond donors (Lipinski definition) is 0. The fraction of sp³-hybridized carbons (Fsp3) is 0.769. The molecule has 0 N–H and O–H groups in total. The van der Waals surface area contributed by atoms with Gasteiger partial charge in [-0.1, -0.05) is 26.8 Å². The van der Waals surface area contributed by atoms with Gasteiger partial charge in [-0.3, -0.25) is 0 Å². The lowest BCUT2D eigenvalue weighted by Crippen LogP contribution is -2.46. The molecule has 1 unspecified atom stereocenters. The fourth-order valence-electron chi connectivity index (χ4n) is 1.11. The van der Waals surface area contributed by atoms with E-state index in [1.807, 2.05) is 0 Å². The topological polar surface area (TPSA) is 35.5 Å². The molecule has 0 aromatic carbocycles. The molecule has 3 nitrogen and oxygen atoms in total. The van der Waals surface area contributed by atoms with E-state index in [1.165, 1.54) is 0 Å². The minimum atomic E-state index is -1.95. The van der Waals surface area contributed by atoms with Gasteiger partial charge in [-0.05, 0) is 25.1 Å². The van der Waals surface area contributed by atoms with E-state index in [0.29, 0.717) is 13.0 Å². The van der Waals surface area contributed by atoms with E-state index in [-0.39, 0.29) is 11.0 Å². The van der Waals surface area contributed by atoms with Crippen molar-refractivity contribution in [2.24, 2.45) is 0 Å². The second-order valence-corrected chi connectivity index (χ2v) is 10.4. The zero-order valence-electron chi connectivity index (χ0n) is 12.0. The largest absolute Gasteiger partial charge is 0.464 e. The molecule has 0 amide bonds. The van der Waals surface area contributed by atoms with Crippen LogP contribution in [0.25, 0.3) is 0 Å². The van der Waals surface area contributed by atoms with E-state index in [4.69, 9.17) is 9.16 Å². The van der Waals surface area contributed by atoms with Gasteiger partial charge in [0, 0.05) is 6.42 Å². The number of hydrogen-bond acceptors (Lipinski definition) is 3. The molecule has 0 aromatic rings. The first-order valence-electron chi connectivity index (χ1n) is 6.11. The van der Waals surface area contributed by atoms with Crippen LogP contribution in [0.5, 0.6) is 0 Å². The third kappa shape index (κ3) is 5.04. The Bertz CT molecular complexity index is 266. The van der Waals surface area contributed by atoms with Gasteiger partial charge in [0.25, 0.3) is 0 Å². The quantitative estimate of drug-likeness (QED) is 0.415. The predicted molar refractivity (Wildman–Crippen MR) is 73.5 cm³/mol. The maximum atomic E-state index is 11.8. The first-order valence-corrected chi connectivity index (χ1v) is 9.02. The smallest absolute Gasteiger partial charge is 0.334 e. The van der Waals surface area contributed by atoms with Crippen LogP contribution in [-0.4, -0.2) is 27.0 Å². The standard InChI is InChI=1S/C13H26O3Si/c1-8-10-11(12(14)15-9-2)16-17(6,7)13(3,4)5/h8,11H,1,9-10H2,2-7H3. The summed E-state index contributed by atoms with van der Waals surface area (Å²) in [6, 6.07) is 0. The Kier molecular flexibility index (Phi) is 6.13. The molecule has 0 aliphatic heterocycles. The van der Waals surface area contributed by atoms with Crippen molar-refractivity contribution in [1.82, 2.24) is 0 Å². The summed E-state index contributed by atoms with van der Waals surface area (Å²) >= 11 is 0. The number of carbonyl (C=O) groups excluding carboxylic acids is 1. The van der Waals surface area contributed by atoms with Gasteiger partial charge < -0.3 is 9.16 Å². The van der Waals surface area contributed by atoms with Crippen LogP contribution >= 0.6 is 0 Å². The Morgan fingerprint density at radius 1 is 1.41 bits per heavy atom. The summed E-state index contributed by atoms with van der Waals surface area (Å²) in [5, 5.41) is 0.0823. The first kappa shape index (κ1) is 16.4. The van der Waals surface area contributed by atoms with Gasteiger partial charge in [0.15, 0.2) is 8.32 Å². The molecular formula is C13H26O3Si.